The second kappa shape index (κ2) is 10.9. The van der Waals surface area contributed by atoms with Crippen LogP contribution >= 0.6 is 0 Å². The first-order valence-electron chi connectivity index (χ1n) is 15.2. The number of esters is 1. The van der Waals surface area contributed by atoms with E-state index in [9.17, 15) is 15.0 Å². The van der Waals surface area contributed by atoms with Crippen molar-refractivity contribution in [2.24, 2.45) is 32.7 Å². The van der Waals surface area contributed by atoms with E-state index in [1.54, 1.807) is 0 Å². The minimum Gasteiger partial charge on any atom is -0.511 e. The van der Waals surface area contributed by atoms with Crippen LogP contribution in [0.15, 0.2) is 106 Å². The molecule has 1 aliphatic carbocycles. The summed E-state index contributed by atoms with van der Waals surface area (Å²) in [4.78, 5) is 27.5. The van der Waals surface area contributed by atoms with Crippen molar-refractivity contribution in [3.63, 3.8) is 0 Å². The second-order valence-corrected chi connectivity index (χ2v) is 12.1. The normalized spacial score (nSPS) is 26.2. The van der Waals surface area contributed by atoms with Crippen molar-refractivity contribution < 1.29 is 19.7 Å². The summed E-state index contributed by atoms with van der Waals surface area (Å²) in [6.07, 6.45) is 8.39. The van der Waals surface area contributed by atoms with Gasteiger partial charge in [0.1, 0.15) is 5.76 Å². The van der Waals surface area contributed by atoms with E-state index in [0.29, 0.717) is 18.6 Å². The molecule has 3 atom stereocenters. The number of nitrogens with one attached hydrogen (secondary N) is 1. The Hall–Kier alpha value is -4.04. The molecule has 0 amide bonds. The zero-order valence-corrected chi connectivity index (χ0v) is 26.1. The number of aliphatic imine (C=N–C) groups is 3. The van der Waals surface area contributed by atoms with E-state index in [0.717, 1.165) is 91.1 Å². The van der Waals surface area contributed by atoms with Crippen molar-refractivity contribution >= 4 is 23.1 Å². The van der Waals surface area contributed by atoms with E-state index < -0.39 is 0 Å². The van der Waals surface area contributed by atoms with Gasteiger partial charge in [-0.2, -0.15) is 0 Å². The highest BCUT2D eigenvalue weighted by molar-refractivity contribution is 6.21. The lowest BCUT2D eigenvalue weighted by atomic mass is 9.84. The van der Waals surface area contributed by atoms with Crippen LogP contribution in [0.25, 0.3) is 0 Å². The molecule has 5 aliphatic heterocycles. The molecule has 224 valence electrons. The SMILES string of the molecule is CCC1=C(C)C2=NC1=CC1=C(C)C3=C(O)C(C)C(=C4NC(=CC5=NC(=C2)C(CCO)=C5C)C(C)C4CCC(=O)OC)C3=N1. The topological polar surface area (TPSA) is 116 Å². The summed E-state index contributed by atoms with van der Waals surface area (Å²) in [5.74, 6) is -0.112. The van der Waals surface area contributed by atoms with Crippen LogP contribution in [0.1, 0.15) is 67.2 Å². The summed E-state index contributed by atoms with van der Waals surface area (Å²) >= 11 is 0. The number of hydrogen-bond donors (Lipinski definition) is 3. The number of aliphatic hydroxyl groups excluding tert-OH is 2. The number of rotatable bonds is 6. The van der Waals surface area contributed by atoms with Crippen LogP contribution in [0.2, 0.25) is 0 Å². The van der Waals surface area contributed by atoms with E-state index >= 15 is 0 Å². The summed E-state index contributed by atoms with van der Waals surface area (Å²) in [6, 6.07) is 0. The maximum absolute atomic E-state index is 12.2. The number of fused-ring (bicyclic) bond motifs is 5. The largest absolute Gasteiger partial charge is 0.511 e. The second-order valence-electron chi connectivity index (χ2n) is 12.1. The lowest BCUT2D eigenvalue weighted by molar-refractivity contribution is -0.140. The molecule has 3 unspecified atom stereocenters. The number of carbonyl (C=O) groups is 1. The van der Waals surface area contributed by atoms with Crippen molar-refractivity contribution in [2.75, 3.05) is 13.7 Å². The Bertz CT molecular complexity index is 1700. The molecule has 43 heavy (non-hydrogen) atoms. The van der Waals surface area contributed by atoms with Gasteiger partial charge >= 0.3 is 5.97 Å². The lowest BCUT2D eigenvalue weighted by Crippen LogP contribution is -2.18. The number of carbonyl (C=O) groups excluding carboxylic acids is 1. The minimum absolute atomic E-state index is 0.00639. The fourth-order valence-electron chi connectivity index (χ4n) is 7.22. The van der Waals surface area contributed by atoms with Gasteiger partial charge in [-0.3, -0.25) is 4.79 Å². The first kappa shape index (κ1) is 29.1. The summed E-state index contributed by atoms with van der Waals surface area (Å²) in [5, 5.41) is 25.1. The fourth-order valence-corrected chi connectivity index (χ4v) is 7.22. The van der Waals surface area contributed by atoms with Gasteiger partial charge in [-0.15, -0.1) is 0 Å². The molecule has 8 nitrogen and oxygen atoms in total. The molecule has 8 heteroatoms. The fraction of sp³-hybridized carbons (Fsp3) is 0.429. The average Bonchev–Trinajstić information content (AvgIpc) is 3.71. The van der Waals surface area contributed by atoms with Gasteiger partial charge in [0.15, 0.2) is 0 Å². The zero-order chi connectivity index (χ0) is 30.7. The van der Waals surface area contributed by atoms with E-state index in [1.165, 1.54) is 7.11 Å². The number of ether oxygens (including phenoxy) is 1. The Kier molecular flexibility index (Phi) is 7.37. The van der Waals surface area contributed by atoms with Gasteiger partial charge in [0.05, 0.1) is 41.3 Å². The molecule has 3 N–H and O–H groups in total. The smallest absolute Gasteiger partial charge is 0.305 e. The highest BCUT2D eigenvalue weighted by atomic mass is 16.5. The molecule has 6 rings (SSSR count). The number of nitrogens with zero attached hydrogens (tertiary/aromatic N) is 3. The monoisotopic (exact) mass is 580 g/mol. The summed E-state index contributed by atoms with van der Waals surface area (Å²) in [6.45, 7) is 12.5. The standard InChI is InChI=1S/C35H40N4O4/c1-8-21-16(2)25-14-29-22(11-12-40)17(3)24(37-29)13-26-18(4)23(9-10-30(41)43-7)33(38-26)31-20(6)35(42)32-19(5)27(39-34(31)32)15-28(21)36-25/h13-15,18,20,23,38,40,42H,8-12H2,1-7H3. The quantitative estimate of drug-likeness (QED) is 0.322. The van der Waals surface area contributed by atoms with Crippen LogP contribution in [0.3, 0.4) is 0 Å². The molecule has 0 aromatic heterocycles. The highest BCUT2D eigenvalue weighted by Gasteiger charge is 2.44. The van der Waals surface area contributed by atoms with E-state index in [-0.39, 0.29) is 36.8 Å². The third kappa shape index (κ3) is 4.54. The highest BCUT2D eigenvalue weighted by Crippen LogP contribution is 2.48. The Morgan fingerprint density at radius 2 is 1.65 bits per heavy atom. The van der Waals surface area contributed by atoms with Crippen LogP contribution < -0.4 is 5.32 Å². The number of allylic oxidation sites excluding steroid dienone is 12. The predicted molar refractivity (Wildman–Crippen MR) is 170 cm³/mol. The molecule has 0 aromatic rings. The Morgan fingerprint density at radius 3 is 2.33 bits per heavy atom. The lowest BCUT2D eigenvalue weighted by Gasteiger charge is -2.19. The number of hydrogen-bond acceptors (Lipinski definition) is 8. The molecule has 0 saturated carbocycles. The summed E-state index contributed by atoms with van der Waals surface area (Å²) in [5.41, 5.74) is 14.0. The Balaban J connectivity index is 1.61. The molecule has 0 radical (unpaired) electrons. The molecule has 0 spiro atoms. The van der Waals surface area contributed by atoms with E-state index in [4.69, 9.17) is 19.7 Å². The first-order valence-corrected chi connectivity index (χ1v) is 15.2. The maximum atomic E-state index is 12.2. The maximum Gasteiger partial charge on any atom is 0.305 e. The van der Waals surface area contributed by atoms with Gasteiger partial charge in [-0.05, 0) is 86.1 Å². The van der Waals surface area contributed by atoms with Gasteiger partial charge in [0, 0.05) is 53.3 Å². The van der Waals surface area contributed by atoms with Crippen molar-refractivity contribution in [2.45, 2.75) is 67.2 Å². The summed E-state index contributed by atoms with van der Waals surface area (Å²) in [7, 11) is 1.42. The molecule has 1 fully saturated rings. The molecule has 5 heterocycles. The van der Waals surface area contributed by atoms with Gasteiger partial charge in [0.25, 0.3) is 0 Å². The number of aliphatic hydroxyl groups is 2. The van der Waals surface area contributed by atoms with Crippen LogP contribution in [0.5, 0.6) is 0 Å². The molecule has 6 aliphatic rings. The Morgan fingerprint density at radius 1 is 0.977 bits per heavy atom. The van der Waals surface area contributed by atoms with E-state index in [1.807, 2.05) is 26.0 Å². The summed E-state index contributed by atoms with van der Waals surface area (Å²) < 4.78 is 4.99. The van der Waals surface area contributed by atoms with Gasteiger partial charge in [0.2, 0.25) is 0 Å². The van der Waals surface area contributed by atoms with Gasteiger partial charge in [-0.1, -0.05) is 20.8 Å². The van der Waals surface area contributed by atoms with Crippen LogP contribution in [0.4, 0.5) is 0 Å². The third-order valence-corrected chi connectivity index (χ3v) is 9.83. The van der Waals surface area contributed by atoms with Crippen molar-refractivity contribution in [3.05, 3.63) is 91.5 Å². The molecule has 8 bridgehead atoms. The van der Waals surface area contributed by atoms with Crippen LogP contribution in [-0.4, -0.2) is 47.0 Å². The first-order chi connectivity index (χ1) is 20.6. The van der Waals surface area contributed by atoms with Crippen LogP contribution in [-0.2, 0) is 9.53 Å². The Labute approximate surface area is 253 Å². The predicted octanol–water partition coefficient (Wildman–Crippen LogP) is 6.24. The third-order valence-electron chi connectivity index (χ3n) is 9.83. The van der Waals surface area contributed by atoms with Crippen LogP contribution in [0, 0.1) is 17.8 Å². The molecular weight excluding hydrogens is 540 g/mol. The van der Waals surface area contributed by atoms with E-state index in [2.05, 4.69) is 39.1 Å². The van der Waals surface area contributed by atoms with Crippen molar-refractivity contribution in [1.82, 2.24) is 5.32 Å². The average molecular weight is 581 g/mol. The molecular formula is C35H40N4O4. The molecule has 0 aromatic carbocycles. The van der Waals surface area contributed by atoms with Crippen molar-refractivity contribution in [1.29, 1.82) is 0 Å². The molecule has 1 saturated heterocycles. The zero-order valence-electron chi connectivity index (χ0n) is 26.1. The number of methoxy groups -OCH3 is 1. The van der Waals surface area contributed by atoms with Crippen molar-refractivity contribution in [3.8, 4) is 0 Å². The van der Waals surface area contributed by atoms with Gasteiger partial charge in [-0.25, -0.2) is 15.0 Å². The minimum atomic E-state index is -0.244. The van der Waals surface area contributed by atoms with Gasteiger partial charge < -0.3 is 20.3 Å².